The van der Waals surface area contributed by atoms with Crippen molar-refractivity contribution in [3.05, 3.63) is 0 Å². The largest absolute Gasteiger partial charge is 0.356 e. The van der Waals surface area contributed by atoms with Gasteiger partial charge >= 0.3 is 0 Å². The highest BCUT2D eigenvalue weighted by Crippen LogP contribution is 2.40. The van der Waals surface area contributed by atoms with Gasteiger partial charge in [0.15, 0.2) is 0 Å². The minimum absolute atomic E-state index is 0.195. The van der Waals surface area contributed by atoms with Crippen LogP contribution in [0.4, 0.5) is 0 Å². The summed E-state index contributed by atoms with van der Waals surface area (Å²) in [6.45, 7) is 1.36. The average molecular weight is 210 g/mol. The molecule has 0 aromatic heterocycles. The Morgan fingerprint density at radius 3 is 2.60 bits per heavy atom. The van der Waals surface area contributed by atoms with Crippen molar-refractivity contribution >= 4 is 5.91 Å². The summed E-state index contributed by atoms with van der Waals surface area (Å²) in [7, 11) is 0. The molecule has 3 nitrogen and oxygen atoms in total. The second-order valence-corrected chi connectivity index (χ2v) is 5.18. The van der Waals surface area contributed by atoms with Crippen molar-refractivity contribution in [2.24, 2.45) is 17.1 Å². The predicted molar refractivity (Wildman–Crippen MR) is 60.3 cm³/mol. The summed E-state index contributed by atoms with van der Waals surface area (Å²) >= 11 is 0. The van der Waals surface area contributed by atoms with Gasteiger partial charge in [-0.1, -0.05) is 19.3 Å². The lowest BCUT2D eigenvalue weighted by Crippen LogP contribution is -2.50. The lowest BCUT2D eigenvalue weighted by Gasteiger charge is -2.39. The summed E-state index contributed by atoms with van der Waals surface area (Å²) in [5.74, 6) is 1.17. The first-order valence-corrected chi connectivity index (χ1v) is 6.25. The zero-order chi connectivity index (χ0) is 10.7. The van der Waals surface area contributed by atoms with E-state index in [-0.39, 0.29) is 11.3 Å². The number of carbonyl (C=O) groups excluding carboxylic acids is 1. The van der Waals surface area contributed by atoms with Crippen molar-refractivity contribution in [1.29, 1.82) is 0 Å². The minimum Gasteiger partial charge on any atom is -0.356 e. The van der Waals surface area contributed by atoms with E-state index in [2.05, 4.69) is 5.32 Å². The van der Waals surface area contributed by atoms with Crippen LogP contribution in [0.1, 0.15) is 44.9 Å². The molecule has 0 aromatic rings. The first-order valence-electron chi connectivity index (χ1n) is 6.25. The second kappa shape index (κ2) is 4.52. The Labute approximate surface area is 91.8 Å². The van der Waals surface area contributed by atoms with Crippen molar-refractivity contribution in [1.82, 2.24) is 5.32 Å². The molecule has 1 amide bonds. The summed E-state index contributed by atoms with van der Waals surface area (Å²) in [5.41, 5.74) is 5.48. The van der Waals surface area contributed by atoms with Gasteiger partial charge in [-0.15, -0.1) is 0 Å². The Hall–Kier alpha value is -0.570. The zero-order valence-corrected chi connectivity index (χ0v) is 9.43. The molecular formula is C12H22N2O. The zero-order valence-electron chi connectivity index (χ0n) is 9.43. The van der Waals surface area contributed by atoms with Crippen molar-refractivity contribution in [2.45, 2.75) is 44.9 Å². The predicted octanol–water partition coefficient (Wildman–Crippen LogP) is 1.42. The van der Waals surface area contributed by atoms with Crippen molar-refractivity contribution < 1.29 is 4.79 Å². The molecule has 0 saturated heterocycles. The highest BCUT2D eigenvalue weighted by molar-refractivity contribution is 5.83. The van der Waals surface area contributed by atoms with Crippen molar-refractivity contribution in [3.63, 3.8) is 0 Å². The number of hydrogen-bond donors (Lipinski definition) is 2. The fourth-order valence-electron chi connectivity index (χ4n) is 2.31. The summed E-state index contributed by atoms with van der Waals surface area (Å²) in [4.78, 5) is 11.8. The molecule has 0 aromatic carbocycles. The molecule has 2 aliphatic rings. The number of nitrogens with one attached hydrogen (secondary N) is 1. The number of amides is 1. The number of carbonyl (C=O) groups is 1. The van der Waals surface area contributed by atoms with E-state index in [0.29, 0.717) is 6.54 Å². The van der Waals surface area contributed by atoms with Gasteiger partial charge in [0, 0.05) is 13.1 Å². The molecule has 0 aliphatic heterocycles. The van der Waals surface area contributed by atoms with Gasteiger partial charge < -0.3 is 11.1 Å². The highest BCUT2D eigenvalue weighted by atomic mass is 16.2. The molecule has 0 atom stereocenters. The summed E-state index contributed by atoms with van der Waals surface area (Å²) in [6.07, 6.45) is 8.36. The van der Waals surface area contributed by atoms with Gasteiger partial charge in [0.25, 0.3) is 0 Å². The topological polar surface area (TPSA) is 55.1 Å². The van der Waals surface area contributed by atoms with Crippen LogP contribution in [-0.4, -0.2) is 19.0 Å². The van der Waals surface area contributed by atoms with Crippen LogP contribution >= 0.6 is 0 Å². The summed E-state index contributed by atoms with van der Waals surface area (Å²) in [6, 6.07) is 0. The van der Waals surface area contributed by atoms with Crippen LogP contribution in [0.3, 0.4) is 0 Å². The maximum Gasteiger partial charge on any atom is 0.227 e. The molecule has 2 fully saturated rings. The number of hydrogen-bond acceptors (Lipinski definition) is 2. The lowest BCUT2D eigenvalue weighted by molar-refractivity contribution is -0.135. The maximum absolute atomic E-state index is 11.8. The second-order valence-electron chi connectivity index (χ2n) is 5.18. The van der Waals surface area contributed by atoms with E-state index in [1.165, 1.54) is 19.3 Å². The maximum atomic E-state index is 11.8. The molecule has 2 rings (SSSR count). The van der Waals surface area contributed by atoms with E-state index >= 15 is 0 Å². The van der Waals surface area contributed by atoms with Gasteiger partial charge in [-0.3, -0.25) is 4.79 Å². The smallest absolute Gasteiger partial charge is 0.227 e. The van der Waals surface area contributed by atoms with Gasteiger partial charge in [0.2, 0.25) is 5.91 Å². The summed E-state index contributed by atoms with van der Waals surface area (Å²) < 4.78 is 0. The van der Waals surface area contributed by atoms with Crippen molar-refractivity contribution in [2.75, 3.05) is 13.1 Å². The third kappa shape index (κ3) is 2.51. The molecule has 3 N–H and O–H groups in total. The van der Waals surface area contributed by atoms with Crippen molar-refractivity contribution in [3.8, 4) is 0 Å². The van der Waals surface area contributed by atoms with Crippen LogP contribution in [0, 0.1) is 11.3 Å². The molecule has 0 spiro atoms. The van der Waals surface area contributed by atoms with E-state index in [9.17, 15) is 4.79 Å². The van der Waals surface area contributed by atoms with Crippen LogP contribution in [0.15, 0.2) is 0 Å². The van der Waals surface area contributed by atoms with Crippen LogP contribution in [0.25, 0.3) is 0 Å². The monoisotopic (exact) mass is 210 g/mol. The Kier molecular flexibility index (Phi) is 3.29. The number of rotatable bonds is 6. The van der Waals surface area contributed by atoms with E-state index in [4.69, 9.17) is 5.73 Å². The molecular weight excluding hydrogens is 188 g/mol. The fraction of sp³-hybridized carbons (Fsp3) is 0.917. The molecule has 0 heterocycles. The van der Waals surface area contributed by atoms with E-state index < -0.39 is 0 Å². The van der Waals surface area contributed by atoms with Gasteiger partial charge in [0.05, 0.1) is 5.41 Å². The van der Waals surface area contributed by atoms with Crippen LogP contribution in [0.5, 0.6) is 0 Å². The normalized spacial score (nSPS) is 23.3. The van der Waals surface area contributed by atoms with E-state index in [0.717, 1.165) is 38.1 Å². The third-order valence-corrected chi connectivity index (χ3v) is 3.95. The van der Waals surface area contributed by atoms with E-state index in [1.807, 2.05) is 0 Å². The minimum atomic E-state index is -0.195. The molecule has 0 radical (unpaired) electrons. The summed E-state index contributed by atoms with van der Waals surface area (Å²) in [5, 5.41) is 3.04. The first-order chi connectivity index (χ1) is 7.27. The Morgan fingerprint density at radius 2 is 2.13 bits per heavy atom. The van der Waals surface area contributed by atoms with Gasteiger partial charge in [-0.05, 0) is 31.6 Å². The average Bonchev–Trinajstić information content (AvgIpc) is 2.95. The van der Waals surface area contributed by atoms with Gasteiger partial charge in [-0.25, -0.2) is 0 Å². The van der Waals surface area contributed by atoms with Gasteiger partial charge in [-0.2, -0.15) is 0 Å². The molecule has 0 bridgehead atoms. The first kappa shape index (κ1) is 10.9. The quantitative estimate of drug-likeness (QED) is 0.651. The molecule has 0 unspecified atom stereocenters. The van der Waals surface area contributed by atoms with Crippen LogP contribution in [-0.2, 0) is 4.79 Å². The molecule has 15 heavy (non-hydrogen) atoms. The van der Waals surface area contributed by atoms with E-state index in [1.54, 1.807) is 0 Å². The Balaban J connectivity index is 1.62. The fourth-order valence-corrected chi connectivity index (χ4v) is 2.31. The molecule has 3 heteroatoms. The molecule has 2 saturated carbocycles. The Bertz CT molecular complexity index is 226. The SMILES string of the molecule is NCC1(C(=O)NCCCC2CC2)CCC1. The molecule has 2 aliphatic carbocycles. The Morgan fingerprint density at radius 1 is 1.40 bits per heavy atom. The van der Waals surface area contributed by atoms with Crippen LogP contribution < -0.4 is 11.1 Å². The van der Waals surface area contributed by atoms with Crippen LogP contribution in [0.2, 0.25) is 0 Å². The highest BCUT2D eigenvalue weighted by Gasteiger charge is 2.42. The molecule has 86 valence electrons. The standard InChI is InChI=1S/C12H22N2O/c13-9-12(6-2-7-12)11(15)14-8-1-3-10-4-5-10/h10H,1-9,13H2,(H,14,15). The number of nitrogens with two attached hydrogens (primary N) is 1. The lowest BCUT2D eigenvalue weighted by atomic mass is 9.68. The van der Waals surface area contributed by atoms with Gasteiger partial charge in [0.1, 0.15) is 0 Å². The third-order valence-electron chi connectivity index (χ3n) is 3.95.